The summed E-state index contributed by atoms with van der Waals surface area (Å²) in [5, 5.41) is 2.72. The monoisotopic (exact) mass is 307 g/mol. The van der Waals surface area contributed by atoms with E-state index in [0.29, 0.717) is 0 Å². The highest BCUT2D eigenvalue weighted by molar-refractivity contribution is 7.87. The maximum absolute atomic E-state index is 11.9. The van der Waals surface area contributed by atoms with Gasteiger partial charge in [0.05, 0.1) is 19.6 Å². The van der Waals surface area contributed by atoms with Crippen molar-refractivity contribution in [2.75, 3.05) is 20.7 Å². The zero-order chi connectivity index (χ0) is 15.3. The molecule has 116 valence electrons. The predicted molar refractivity (Wildman–Crippen MR) is 71.9 cm³/mol. The van der Waals surface area contributed by atoms with Crippen molar-refractivity contribution in [3.8, 4) is 0 Å². The molecule has 1 amide bonds. The van der Waals surface area contributed by atoms with Crippen LogP contribution in [0.3, 0.4) is 0 Å². The largest absolute Gasteiger partial charge is 0.469 e. The average Bonchev–Trinajstić information content (AvgIpc) is 3.18. The number of methoxy groups -OCH3 is 1. The molecule has 0 aliphatic heterocycles. The molecule has 0 aromatic carbocycles. The van der Waals surface area contributed by atoms with Gasteiger partial charge in [0, 0.05) is 19.6 Å². The molecule has 1 aliphatic carbocycles. The first-order valence-electron chi connectivity index (χ1n) is 6.37. The zero-order valence-electron chi connectivity index (χ0n) is 11.9. The minimum atomic E-state index is -3.81. The van der Waals surface area contributed by atoms with Crippen molar-refractivity contribution in [1.29, 1.82) is 0 Å². The van der Waals surface area contributed by atoms with Crippen LogP contribution in [0.25, 0.3) is 0 Å². The molecule has 0 radical (unpaired) electrons. The number of nitrogens with zero attached hydrogens (tertiary/aromatic N) is 1. The number of carbonyl (C=O) groups excluding carboxylic acids is 2. The van der Waals surface area contributed by atoms with Crippen LogP contribution in [0.5, 0.6) is 0 Å². The average molecular weight is 307 g/mol. The summed E-state index contributed by atoms with van der Waals surface area (Å²) in [6, 6.07) is -0.687. The highest BCUT2D eigenvalue weighted by Gasteiger charge is 2.28. The molecular formula is C11H21N3O5S. The Kier molecular flexibility index (Phi) is 5.90. The van der Waals surface area contributed by atoms with Crippen molar-refractivity contribution in [3.05, 3.63) is 0 Å². The van der Waals surface area contributed by atoms with Crippen LogP contribution >= 0.6 is 0 Å². The SMILES string of the molecule is COC(=O)CCN(C)S(=O)(=O)NC(C)C(=O)NC1CC1. The first-order valence-corrected chi connectivity index (χ1v) is 7.81. The molecule has 0 spiro atoms. The number of amides is 1. The third kappa shape index (κ3) is 5.43. The van der Waals surface area contributed by atoms with Crippen LogP contribution in [0.2, 0.25) is 0 Å². The second kappa shape index (κ2) is 7.00. The number of ether oxygens (including phenoxy) is 1. The summed E-state index contributed by atoms with van der Waals surface area (Å²) in [6.45, 7) is 1.46. The van der Waals surface area contributed by atoms with Crippen LogP contribution in [-0.4, -0.2) is 57.4 Å². The van der Waals surface area contributed by atoms with E-state index in [4.69, 9.17) is 0 Å². The van der Waals surface area contributed by atoms with E-state index in [9.17, 15) is 18.0 Å². The molecule has 8 nitrogen and oxygen atoms in total. The minimum Gasteiger partial charge on any atom is -0.469 e. The molecule has 2 N–H and O–H groups in total. The van der Waals surface area contributed by atoms with Gasteiger partial charge in [0.25, 0.3) is 10.2 Å². The van der Waals surface area contributed by atoms with E-state index in [1.165, 1.54) is 21.1 Å². The molecule has 1 unspecified atom stereocenters. The minimum absolute atomic E-state index is 0.0149. The van der Waals surface area contributed by atoms with E-state index in [1.54, 1.807) is 0 Å². The van der Waals surface area contributed by atoms with Crippen LogP contribution in [0.15, 0.2) is 0 Å². The fraction of sp³-hybridized carbons (Fsp3) is 0.818. The second-order valence-electron chi connectivity index (χ2n) is 4.78. The predicted octanol–water partition coefficient (Wildman–Crippen LogP) is -1.02. The van der Waals surface area contributed by atoms with Crippen molar-refractivity contribution in [3.63, 3.8) is 0 Å². The van der Waals surface area contributed by atoms with Crippen molar-refractivity contribution in [2.24, 2.45) is 0 Å². The molecule has 1 rings (SSSR count). The lowest BCUT2D eigenvalue weighted by Gasteiger charge is -2.20. The van der Waals surface area contributed by atoms with Gasteiger partial charge in [-0.1, -0.05) is 0 Å². The Morgan fingerprint density at radius 2 is 2.00 bits per heavy atom. The molecule has 1 atom stereocenters. The van der Waals surface area contributed by atoms with Crippen LogP contribution < -0.4 is 10.0 Å². The Morgan fingerprint density at radius 3 is 2.50 bits per heavy atom. The van der Waals surface area contributed by atoms with Gasteiger partial charge < -0.3 is 10.1 Å². The van der Waals surface area contributed by atoms with Gasteiger partial charge in [-0.15, -0.1) is 0 Å². The first-order chi connectivity index (χ1) is 9.26. The lowest BCUT2D eigenvalue weighted by Crippen LogP contribution is -2.49. The third-order valence-electron chi connectivity index (χ3n) is 2.91. The van der Waals surface area contributed by atoms with E-state index in [0.717, 1.165) is 17.1 Å². The maximum Gasteiger partial charge on any atom is 0.306 e. The molecule has 0 aromatic heterocycles. The summed E-state index contributed by atoms with van der Waals surface area (Å²) in [4.78, 5) is 22.6. The smallest absolute Gasteiger partial charge is 0.306 e. The molecule has 20 heavy (non-hydrogen) atoms. The van der Waals surface area contributed by atoms with Gasteiger partial charge >= 0.3 is 5.97 Å². The molecular weight excluding hydrogens is 286 g/mol. The van der Waals surface area contributed by atoms with Crippen molar-refractivity contribution in [2.45, 2.75) is 38.3 Å². The van der Waals surface area contributed by atoms with Crippen molar-refractivity contribution < 1.29 is 22.7 Å². The number of rotatable bonds is 8. The molecule has 9 heteroatoms. The summed E-state index contributed by atoms with van der Waals surface area (Å²) in [7, 11) is -1.24. The molecule has 1 aliphatic rings. The van der Waals surface area contributed by atoms with Crippen molar-refractivity contribution in [1.82, 2.24) is 14.3 Å². The summed E-state index contributed by atoms with van der Waals surface area (Å²) in [6.07, 6.45) is 1.82. The number of hydrogen-bond donors (Lipinski definition) is 2. The Balaban J connectivity index is 2.45. The van der Waals surface area contributed by atoms with Crippen LogP contribution in [0.1, 0.15) is 26.2 Å². The Hall–Kier alpha value is -1.19. The van der Waals surface area contributed by atoms with Gasteiger partial charge in [0.2, 0.25) is 5.91 Å². The number of esters is 1. The van der Waals surface area contributed by atoms with E-state index < -0.39 is 22.2 Å². The first kappa shape index (κ1) is 16.9. The molecule has 1 fully saturated rings. The quantitative estimate of drug-likeness (QED) is 0.559. The molecule has 0 aromatic rings. The van der Waals surface area contributed by atoms with E-state index in [2.05, 4.69) is 14.8 Å². The van der Waals surface area contributed by atoms with Crippen LogP contribution in [-0.2, 0) is 24.5 Å². The second-order valence-corrected chi connectivity index (χ2v) is 6.58. The number of hydrogen-bond acceptors (Lipinski definition) is 5. The van der Waals surface area contributed by atoms with Crippen LogP contribution in [0.4, 0.5) is 0 Å². The number of carbonyl (C=O) groups is 2. The lowest BCUT2D eigenvalue weighted by atomic mass is 10.3. The fourth-order valence-corrected chi connectivity index (χ4v) is 2.46. The lowest BCUT2D eigenvalue weighted by molar-refractivity contribution is -0.140. The van der Waals surface area contributed by atoms with Gasteiger partial charge in [-0.25, -0.2) is 0 Å². The summed E-state index contributed by atoms with van der Waals surface area (Å²) in [5.41, 5.74) is 0. The standard InChI is InChI=1S/C11H21N3O5S/c1-8(11(16)12-9-4-5-9)13-20(17,18)14(2)7-6-10(15)19-3/h8-9,13H,4-7H2,1-3H3,(H,12,16). The van der Waals surface area contributed by atoms with E-state index in [1.807, 2.05) is 0 Å². The topological polar surface area (TPSA) is 105 Å². The Labute approximate surface area is 119 Å². The molecule has 0 bridgehead atoms. The van der Waals surface area contributed by atoms with E-state index in [-0.39, 0.29) is 24.9 Å². The molecule has 0 heterocycles. The molecule has 1 saturated carbocycles. The zero-order valence-corrected chi connectivity index (χ0v) is 12.7. The normalized spacial score (nSPS) is 16.8. The summed E-state index contributed by atoms with van der Waals surface area (Å²) >= 11 is 0. The molecule has 0 saturated heterocycles. The Morgan fingerprint density at radius 1 is 1.40 bits per heavy atom. The van der Waals surface area contributed by atoms with Gasteiger partial charge in [-0.05, 0) is 19.8 Å². The highest BCUT2D eigenvalue weighted by Crippen LogP contribution is 2.18. The summed E-state index contributed by atoms with van der Waals surface area (Å²) in [5.74, 6) is -0.844. The number of nitrogens with one attached hydrogen (secondary N) is 2. The fourth-order valence-electron chi connectivity index (χ4n) is 1.39. The van der Waals surface area contributed by atoms with Gasteiger partial charge in [-0.2, -0.15) is 17.4 Å². The Bertz CT molecular complexity index is 461. The highest BCUT2D eigenvalue weighted by atomic mass is 32.2. The summed E-state index contributed by atoms with van der Waals surface area (Å²) < 4.78 is 31.5. The van der Waals surface area contributed by atoms with Crippen molar-refractivity contribution >= 4 is 22.1 Å². The third-order valence-corrected chi connectivity index (χ3v) is 4.57. The van der Waals surface area contributed by atoms with Gasteiger partial charge in [0.15, 0.2) is 0 Å². The van der Waals surface area contributed by atoms with Gasteiger partial charge in [0.1, 0.15) is 0 Å². The maximum atomic E-state index is 11.9. The van der Waals surface area contributed by atoms with Gasteiger partial charge in [-0.3, -0.25) is 9.59 Å². The van der Waals surface area contributed by atoms with E-state index >= 15 is 0 Å². The van der Waals surface area contributed by atoms with Crippen LogP contribution in [0, 0.1) is 0 Å².